The van der Waals surface area contributed by atoms with Crippen LogP contribution in [0.25, 0.3) is 10.9 Å². The largest absolute Gasteiger partial charge is 0.464 e. The zero-order valence-electron chi connectivity index (χ0n) is 14.2. The number of carbonyl (C=O) groups is 1. The van der Waals surface area contributed by atoms with Gasteiger partial charge in [0.25, 0.3) is 0 Å². The van der Waals surface area contributed by atoms with Crippen molar-refractivity contribution < 1.29 is 13.9 Å². The molecular formula is C17H15BrClFN4O2S. The van der Waals surface area contributed by atoms with Crippen LogP contribution in [0.5, 0.6) is 0 Å². The standard InChI is InChI=1S/C17H15BrClFN4O2S/c1-2-26-16(25)15(14-13-5-9(20)6-23(13)17(27)21-14)24-7-10-11(19)3-8(18)4-12(10)22-24/h3-4,7,9,15H,2,5-6H2,1H3,(H,21,27)/t9-,15?/m1/s1. The Morgan fingerprint density at radius 3 is 3.11 bits per heavy atom. The number of aromatic amines is 1. The summed E-state index contributed by atoms with van der Waals surface area (Å²) in [6.45, 7) is 2.12. The highest BCUT2D eigenvalue weighted by molar-refractivity contribution is 9.10. The number of fused-ring (bicyclic) bond motifs is 2. The van der Waals surface area contributed by atoms with Gasteiger partial charge < -0.3 is 14.3 Å². The summed E-state index contributed by atoms with van der Waals surface area (Å²) < 4.78 is 23.6. The van der Waals surface area contributed by atoms with Gasteiger partial charge in [-0.2, -0.15) is 5.10 Å². The number of rotatable bonds is 4. The third kappa shape index (κ3) is 3.21. The molecule has 0 spiro atoms. The number of H-pyrrole nitrogens is 1. The molecule has 4 rings (SSSR count). The summed E-state index contributed by atoms with van der Waals surface area (Å²) in [5, 5.41) is 5.72. The van der Waals surface area contributed by atoms with E-state index in [0.717, 1.165) is 4.47 Å². The fourth-order valence-electron chi connectivity index (χ4n) is 3.41. The second-order valence-electron chi connectivity index (χ2n) is 6.29. The number of esters is 1. The van der Waals surface area contributed by atoms with Crippen LogP contribution in [0.4, 0.5) is 4.39 Å². The first-order valence-corrected chi connectivity index (χ1v) is 9.93. The Morgan fingerprint density at radius 1 is 1.59 bits per heavy atom. The molecule has 1 aromatic carbocycles. The van der Waals surface area contributed by atoms with Crippen molar-refractivity contribution in [2.24, 2.45) is 0 Å². The highest BCUT2D eigenvalue weighted by Crippen LogP contribution is 2.32. The van der Waals surface area contributed by atoms with E-state index in [1.807, 2.05) is 6.07 Å². The predicted molar refractivity (Wildman–Crippen MR) is 105 cm³/mol. The van der Waals surface area contributed by atoms with Gasteiger partial charge in [0.15, 0.2) is 10.8 Å². The van der Waals surface area contributed by atoms with E-state index in [2.05, 4.69) is 26.0 Å². The normalized spacial score (nSPS) is 17.3. The summed E-state index contributed by atoms with van der Waals surface area (Å²) in [6.07, 6.45) is 0.847. The third-order valence-corrected chi connectivity index (χ3v) is 5.62. The molecule has 1 unspecified atom stereocenters. The van der Waals surface area contributed by atoms with Crippen molar-refractivity contribution in [1.29, 1.82) is 0 Å². The molecule has 0 bridgehead atoms. The fraction of sp³-hybridized carbons (Fsp3) is 0.353. The SMILES string of the molecule is CCOC(=O)C(c1[nH]c(=S)n2c1C[C@@H](F)C2)n1cc2c(Cl)cc(Br)cc2n1. The molecule has 27 heavy (non-hydrogen) atoms. The average molecular weight is 474 g/mol. The molecule has 2 atom stereocenters. The van der Waals surface area contributed by atoms with Crippen molar-refractivity contribution in [2.75, 3.05) is 6.61 Å². The number of imidazole rings is 1. The topological polar surface area (TPSA) is 64.8 Å². The van der Waals surface area contributed by atoms with Crippen LogP contribution in [-0.2, 0) is 22.5 Å². The maximum Gasteiger partial charge on any atom is 0.337 e. The summed E-state index contributed by atoms with van der Waals surface area (Å²) >= 11 is 15.0. The van der Waals surface area contributed by atoms with E-state index in [9.17, 15) is 9.18 Å². The summed E-state index contributed by atoms with van der Waals surface area (Å²) in [5.74, 6) is -0.498. The van der Waals surface area contributed by atoms with Crippen molar-refractivity contribution in [1.82, 2.24) is 19.3 Å². The lowest BCUT2D eigenvalue weighted by Gasteiger charge is -2.16. The van der Waals surface area contributed by atoms with E-state index >= 15 is 0 Å². The predicted octanol–water partition coefficient (Wildman–Crippen LogP) is 4.36. The lowest BCUT2D eigenvalue weighted by Crippen LogP contribution is -2.25. The van der Waals surface area contributed by atoms with Crippen LogP contribution in [-0.4, -0.2) is 38.1 Å². The van der Waals surface area contributed by atoms with E-state index < -0.39 is 18.2 Å². The Morgan fingerprint density at radius 2 is 2.37 bits per heavy atom. The molecule has 0 aliphatic carbocycles. The van der Waals surface area contributed by atoms with Gasteiger partial charge in [-0.15, -0.1) is 0 Å². The Kier molecular flexibility index (Phi) is 4.85. The smallest absolute Gasteiger partial charge is 0.337 e. The number of alkyl halides is 1. The summed E-state index contributed by atoms with van der Waals surface area (Å²) in [5.41, 5.74) is 1.79. The van der Waals surface area contributed by atoms with Crippen molar-refractivity contribution in [3.8, 4) is 0 Å². The number of aromatic nitrogens is 4. The number of carbonyl (C=O) groups excluding carboxylic acids is 1. The number of hydrogen-bond acceptors (Lipinski definition) is 4. The van der Waals surface area contributed by atoms with Crippen molar-refractivity contribution in [3.05, 3.63) is 44.0 Å². The molecule has 1 aliphatic heterocycles. The second kappa shape index (κ2) is 7.03. The van der Waals surface area contributed by atoms with E-state index in [1.165, 1.54) is 4.68 Å². The number of halogens is 3. The Labute approximate surface area is 172 Å². The molecule has 0 amide bonds. The fourth-order valence-corrected chi connectivity index (χ4v) is 4.55. The monoisotopic (exact) mass is 472 g/mol. The first kappa shape index (κ1) is 18.6. The first-order chi connectivity index (χ1) is 12.9. The maximum atomic E-state index is 13.9. The molecule has 0 fully saturated rings. The highest BCUT2D eigenvalue weighted by Gasteiger charge is 2.34. The van der Waals surface area contributed by atoms with Gasteiger partial charge in [0.2, 0.25) is 0 Å². The van der Waals surface area contributed by atoms with Gasteiger partial charge in [-0.1, -0.05) is 27.5 Å². The van der Waals surface area contributed by atoms with Crippen molar-refractivity contribution in [3.63, 3.8) is 0 Å². The molecular weight excluding hydrogens is 459 g/mol. The minimum absolute atomic E-state index is 0.181. The van der Waals surface area contributed by atoms with Crippen molar-refractivity contribution in [2.45, 2.75) is 32.1 Å². The van der Waals surface area contributed by atoms with Crippen LogP contribution >= 0.6 is 39.7 Å². The molecule has 1 N–H and O–H groups in total. The molecule has 6 nitrogen and oxygen atoms in total. The lowest BCUT2D eigenvalue weighted by molar-refractivity contribution is -0.146. The molecule has 1 aliphatic rings. The molecule has 0 saturated heterocycles. The highest BCUT2D eigenvalue weighted by atomic mass is 79.9. The van der Waals surface area contributed by atoms with Gasteiger partial charge in [-0.25, -0.2) is 9.18 Å². The molecule has 10 heteroatoms. The molecule has 0 saturated carbocycles. The van der Waals surface area contributed by atoms with Crippen LogP contribution < -0.4 is 0 Å². The quantitative estimate of drug-likeness (QED) is 0.452. The summed E-state index contributed by atoms with van der Waals surface area (Å²) in [6, 6.07) is 2.66. The third-order valence-electron chi connectivity index (χ3n) is 4.52. The van der Waals surface area contributed by atoms with Gasteiger partial charge in [-0.05, 0) is 31.3 Å². The number of ether oxygens (including phenoxy) is 1. The van der Waals surface area contributed by atoms with Crippen LogP contribution in [0.1, 0.15) is 24.4 Å². The number of nitrogens with zero attached hydrogens (tertiary/aromatic N) is 3. The van der Waals surface area contributed by atoms with Gasteiger partial charge in [-0.3, -0.25) is 4.68 Å². The molecule has 0 radical (unpaired) electrons. The van der Waals surface area contributed by atoms with Gasteiger partial charge in [0, 0.05) is 28.2 Å². The zero-order valence-corrected chi connectivity index (χ0v) is 17.4. The minimum atomic E-state index is -1.03. The Hall–Kier alpha value is -1.71. The van der Waals surface area contributed by atoms with Gasteiger partial charge >= 0.3 is 5.97 Å². The average Bonchev–Trinajstić information content (AvgIpc) is 3.24. The van der Waals surface area contributed by atoms with Crippen LogP contribution in [0.3, 0.4) is 0 Å². The molecule has 3 aromatic rings. The first-order valence-electron chi connectivity index (χ1n) is 8.35. The second-order valence-corrected chi connectivity index (χ2v) is 8.00. The van der Waals surface area contributed by atoms with Gasteiger partial charge in [0.1, 0.15) is 6.17 Å². The van der Waals surface area contributed by atoms with E-state index in [-0.39, 0.29) is 19.6 Å². The summed E-state index contributed by atoms with van der Waals surface area (Å²) in [7, 11) is 0. The van der Waals surface area contributed by atoms with E-state index in [1.54, 1.807) is 23.8 Å². The lowest BCUT2D eigenvalue weighted by atomic mass is 10.1. The Bertz CT molecular complexity index is 1110. The summed E-state index contributed by atoms with van der Waals surface area (Å²) in [4.78, 5) is 15.8. The molecule has 2 aromatic heterocycles. The molecule has 142 valence electrons. The number of hydrogen-bond donors (Lipinski definition) is 1. The van der Waals surface area contributed by atoms with Gasteiger partial charge in [0.05, 0.1) is 29.4 Å². The van der Waals surface area contributed by atoms with Crippen molar-refractivity contribution >= 4 is 56.6 Å². The van der Waals surface area contributed by atoms with E-state index in [0.29, 0.717) is 32.1 Å². The number of benzene rings is 1. The van der Waals surface area contributed by atoms with E-state index in [4.69, 9.17) is 28.6 Å². The zero-order chi connectivity index (χ0) is 19.3. The molecule has 3 heterocycles. The number of nitrogens with one attached hydrogen (secondary N) is 1. The maximum absolute atomic E-state index is 13.9. The minimum Gasteiger partial charge on any atom is -0.464 e. The van der Waals surface area contributed by atoms with Crippen LogP contribution in [0, 0.1) is 4.77 Å². The Balaban J connectivity index is 1.89. The van der Waals surface area contributed by atoms with Crippen LogP contribution in [0.2, 0.25) is 5.02 Å². The van der Waals surface area contributed by atoms with Crippen LogP contribution in [0.15, 0.2) is 22.8 Å².